The molecule has 0 saturated heterocycles. The predicted molar refractivity (Wildman–Crippen MR) is 44.6 cm³/mol. The fourth-order valence-electron chi connectivity index (χ4n) is 0.760. The number of hydrogen-bond donors (Lipinski definition) is 0. The number of halogens is 1. The van der Waals surface area contributed by atoms with Gasteiger partial charge >= 0.3 is 0 Å². The summed E-state index contributed by atoms with van der Waals surface area (Å²) >= 11 is 0. The highest BCUT2D eigenvalue weighted by atomic mass is 19.1. The van der Waals surface area contributed by atoms with Gasteiger partial charge in [-0.05, 0) is 26.8 Å². The van der Waals surface area contributed by atoms with Crippen molar-refractivity contribution in [1.29, 1.82) is 0 Å². The van der Waals surface area contributed by atoms with Gasteiger partial charge < -0.3 is 4.74 Å². The summed E-state index contributed by atoms with van der Waals surface area (Å²) in [5.74, 6) is -0.195. The normalized spacial score (nSPS) is 11.3. The Morgan fingerprint density at radius 1 is 1.33 bits per heavy atom. The predicted octanol–water partition coefficient (Wildman–Crippen LogP) is 2.40. The average molecular weight is 169 g/mol. The van der Waals surface area contributed by atoms with Crippen LogP contribution in [0.3, 0.4) is 0 Å². The van der Waals surface area contributed by atoms with Gasteiger partial charge in [0.1, 0.15) is 5.60 Å². The molecule has 0 fully saturated rings. The maximum absolute atomic E-state index is 12.6. The second-order valence-electron chi connectivity index (χ2n) is 3.51. The Balaban J connectivity index is 2.77. The maximum atomic E-state index is 12.6. The molecule has 1 aromatic heterocycles. The first-order valence-electron chi connectivity index (χ1n) is 3.79. The first-order chi connectivity index (χ1) is 5.47. The third-order valence-electron chi connectivity index (χ3n) is 1.10. The van der Waals surface area contributed by atoms with Gasteiger partial charge in [0.2, 0.25) is 11.8 Å². The molecule has 66 valence electrons. The molecule has 1 heterocycles. The minimum Gasteiger partial charge on any atom is -0.472 e. The minimum absolute atomic E-state index is 0.322. The minimum atomic E-state index is -0.517. The number of nitrogens with zero attached hydrogens (tertiary/aromatic N) is 1. The Kier molecular flexibility index (Phi) is 2.31. The smallest absolute Gasteiger partial charge is 0.216 e. The molecule has 2 nitrogen and oxygen atoms in total. The van der Waals surface area contributed by atoms with E-state index in [0.717, 1.165) is 0 Å². The monoisotopic (exact) mass is 169 g/mol. The van der Waals surface area contributed by atoms with Gasteiger partial charge in [0.25, 0.3) is 0 Å². The third-order valence-corrected chi connectivity index (χ3v) is 1.10. The van der Waals surface area contributed by atoms with E-state index in [1.807, 2.05) is 20.8 Å². The van der Waals surface area contributed by atoms with Crippen LogP contribution in [0.15, 0.2) is 18.2 Å². The summed E-state index contributed by atoms with van der Waals surface area (Å²) in [6, 6.07) is 4.49. The second-order valence-corrected chi connectivity index (χ2v) is 3.51. The Morgan fingerprint density at radius 3 is 2.50 bits per heavy atom. The molecule has 0 saturated carbocycles. The Morgan fingerprint density at radius 2 is 2.00 bits per heavy atom. The van der Waals surface area contributed by atoms with Crippen molar-refractivity contribution in [3.8, 4) is 5.88 Å². The molecule has 0 aliphatic heterocycles. The number of ether oxygens (including phenoxy) is 1. The van der Waals surface area contributed by atoms with Crippen molar-refractivity contribution in [2.24, 2.45) is 0 Å². The molecule has 0 amide bonds. The zero-order valence-electron chi connectivity index (χ0n) is 7.47. The molecule has 0 atom stereocenters. The zero-order valence-corrected chi connectivity index (χ0v) is 7.47. The highest BCUT2D eigenvalue weighted by molar-refractivity contribution is 5.11. The van der Waals surface area contributed by atoms with Crippen LogP contribution < -0.4 is 4.74 Å². The van der Waals surface area contributed by atoms with Crippen molar-refractivity contribution in [2.75, 3.05) is 0 Å². The highest BCUT2D eigenvalue weighted by Crippen LogP contribution is 2.14. The van der Waals surface area contributed by atoms with Crippen LogP contribution in [0, 0.1) is 5.95 Å². The third kappa shape index (κ3) is 2.86. The van der Waals surface area contributed by atoms with Gasteiger partial charge in [0, 0.05) is 6.07 Å². The van der Waals surface area contributed by atoms with E-state index in [4.69, 9.17) is 4.74 Å². The lowest BCUT2D eigenvalue weighted by Gasteiger charge is -2.19. The van der Waals surface area contributed by atoms with Crippen molar-refractivity contribution in [3.63, 3.8) is 0 Å². The van der Waals surface area contributed by atoms with Crippen LogP contribution in [0.25, 0.3) is 0 Å². The topological polar surface area (TPSA) is 22.1 Å². The summed E-state index contributed by atoms with van der Waals surface area (Å²) in [6.45, 7) is 5.67. The van der Waals surface area contributed by atoms with Crippen molar-refractivity contribution >= 4 is 0 Å². The van der Waals surface area contributed by atoms with E-state index in [2.05, 4.69) is 4.98 Å². The van der Waals surface area contributed by atoms with Crippen molar-refractivity contribution in [2.45, 2.75) is 26.4 Å². The summed E-state index contributed by atoms with van der Waals surface area (Å²) in [5.41, 5.74) is -0.333. The van der Waals surface area contributed by atoms with E-state index in [1.54, 1.807) is 12.1 Å². The lowest BCUT2D eigenvalue weighted by atomic mass is 10.2. The first kappa shape index (κ1) is 8.97. The fraction of sp³-hybridized carbons (Fsp3) is 0.444. The number of aromatic nitrogens is 1. The summed E-state index contributed by atoms with van der Waals surface area (Å²) in [5, 5.41) is 0. The molecule has 12 heavy (non-hydrogen) atoms. The molecule has 1 aromatic rings. The molecule has 0 unspecified atom stereocenters. The largest absolute Gasteiger partial charge is 0.472 e. The standard InChI is InChI=1S/C9H12FNO/c1-9(2,3)12-8-6-4-5-7(10)11-8/h4-6H,1-3H3. The van der Waals surface area contributed by atoms with Crippen molar-refractivity contribution in [3.05, 3.63) is 24.1 Å². The summed E-state index contributed by atoms with van der Waals surface area (Å²) in [4.78, 5) is 3.57. The molecule has 0 bridgehead atoms. The van der Waals surface area contributed by atoms with Gasteiger partial charge in [-0.3, -0.25) is 0 Å². The van der Waals surface area contributed by atoms with Crippen molar-refractivity contribution < 1.29 is 9.13 Å². The molecule has 0 aliphatic rings. The number of rotatable bonds is 1. The summed E-state index contributed by atoms with van der Waals surface area (Å²) in [7, 11) is 0. The maximum Gasteiger partial charge on any atom is 0.216 e. The van der Waals surface area contributed by atoms with Crippen LogP contribution >= 0.6 is 0 Å². The number of hydrogen-bond acceptors (Lipinski definition) is 2. The Labute approximate surface area is 71.4 Å². The van der Waals surface area contributed by atoms with Crippen LogP contribution in [0.5, 0.6) is 5.88 Å². The van der Waals surface area contributed by atoms with Crippen LogP contribution in [0.1, 0.15) is 20.8 Å². The first-order valence-corrected chi connectivity index (χ1v) is 3.79. The van der Waals surface area contributed by atoms with Gasteiger partial charge in [-0.15, -0.1) is 0 Å². The molecule has 0 aliphatic carbocycles. The molecule has 1 rings (SSSR count). The Hall–Kier alpha value is -1.12. The van der Waals surface area contributed by atoms with E-state index in [1.165, 1.54) is 6.07 Å². The van der Waals surface area contributed by atoms with Gasteiger partial charge in [-0.1, -0.05) is 6.07 Å². The van der Waals surface area contributed by atoms with E-state index in [9.17, 15) is 4.39 Å². The van der Waals surface area contributed by atoms with Crippen molar-refractivity contribution in [1.82, 2.24) is 4.98 Å². The van der Waals surface area contributed by atoms with E-state index < -0.39 is 5.95 Å². The quantitative estimate of drug-likeness (QED) is 0.602. The van der Waals surface area contributed by atoms with Gasteiger partial charge in [-0.2, -0.15) is 9.37 Å². The second kappa shape index (κ2) is 3.09. The van der Waals surface area contributed by atoms with E-state index in [-0.39, 0.29) is 5.60 Å². The summed E-state index contributed by atoms with van der Waals surface area (Å²) in [6.07, 6.45) is 0. The molecular weight excluding hydrogens is 157 g/mol. The zero-order chi connectivity index (χ0) is 9.19. The van der Waals surface area contributed by atoms with Gasteiger partial charge in [0.05, 0.1) is 0 Å². The Bertz CT molecular complexity index is 267. The lowest BCUT2D eigenvalue weighted by Crippen LogP contribution is -2.23. The highest BCUT2D eigenvalue weighted by Gasteiger charge is 2.12. The van der Waals surface area contributed by atoms with Crippen LogP contribution in [0.2, 0.25) is 0 Å². The van der Waals surface area contributed by atoms with Gasteiger partial charge in [0.15, 0.2) is 0 Å². The molecule has 0 spiro atoms. The van der Waals surface area contributed by atoms with Crippen LogP contribution in [-0.4, -0.2) is 10.6 Å². The van der Waals surface area contributed by atoms with Crippen LogP contribution in [0.4, 0.5) is 4.39 Å². The molecule has 0 radical (unpaired) electrons. The molecular formula is C9H12FNO. The molecule has 0 aromatic carbocycles. The fourth-order valence-corrected chi connectivity index (χ4v) is 0.760. The van der Waals surface area contributed by atoms with Crippen LogP contribution in [-0.2, 0) is 0 Å². The molecule has 0 N–H and O–H groups in total. The van der Waals surface area contributed by atoms with E-state index >= 15 is 0 Å². The average Bonchev–Trinajstić information content (AvgIpc) is 1.82. The number of pyridine rings is 1. The van der Waals surface area contributed by atoms with Gasteiger partial charge in [-0.25, -0.2) is 0 Å². The summed E-state index contributed by atoms with van der Waals surface area (Å²) < 4.78 is 17.9. The molecule has 3 heteroatoms. The lowest BCUT2D eigenvalue weighted by molar-refractivity contribution is 0.122. The SMILES string of the molecule is CC(C)(C)Oc1cccc(F)n1. The van der Waals surface area contributed by atoms with E-state index in [0.29, 0.717) is 5.88 Å².